The normalized spacial score (nSPS) is 13.4. The van der Waals surface area contributed by atoms with E-state index in [0.717, 1.165) is 35.7 Å². The molecule has 7 nitrogen and oxygen atoms in total. The van der Waals surface area contributed by atoms with Gasteiger partial charge < -0.3 is 25.4 Å². The van der Waals surface area contributed by atoms with E-state index >= 15 is 0 Å². The lowest BCUT2D eigenvalue weighted by Gasteiger charge is -2.14. The van der Waals surface area contributed by atoms with Crippen LogP contribution >= 0.6 is 0 Å². The Morgan fingerprint density at radius 3 is 2.54 bits per heavy atom. The van der Waals surface area contributed by atoms with Gasteiger partial charge in [0.15, 0.2) is 17.5 Å². The number of fused-ring (bicyclic) bond motifs is 1. The van der Waals surface area contributed by atoms with Crippen LogP contribution in [0.15, 0.2) is 47.5 Å². The van der Waals surface area contributed by atoms with E-state index in [4.69, 9.17) is 9.47 Å². The first kappa shape index (κ1) is 19.5. The number of guanidine groups is 1. The van der Waals surface area contributed by atoms with Crippen LogP contribution in [0.1, 0.15) is 29.3 Å². The largest absolute Gasteiger partial charge is 0.490 e. The van der Waals surface area contributed by atoms with Gasteiger partial charge in [-0.3, -0.25) is 4.79 Å². The third-order valence-corrected chi connectivity index (χ3v) is 4.22. The minimum atomic E-state index is -0.0977. The molecule has 1 aliphatic rings. The van der Waals surface area contributed by atoms with Gasteiger partial charge in [-0.1, -0.05) is 12.1 Å². The Morgan fingerprint density at radius 1 is 1.07 bits per heavy atom. The SMILES string of the molecule is CCNC(=NCc1ccc(C(=O)NC)cc1)Nc1ccc2c(c1)OCCCO2. The average molecular weight is 382 g/mol. The van der Waals surface area contributed by atoms with Crippen LogP contribution < -0.4 is 25.4 Å². The minimum absolute atomic E-state index is 0.0977. The molecule has 0 aromatic heterocycles. The summed E-state index contributed by atoms with van der Waals surface area (Å²) in [4.78, 5) is 16.3. The van der Waals surface area contributed by atoms with E-state index in [-0.39, 0.29) is 5.91 Å². The number of hydrogen-bond donors (Lipinski definition) is 3. The third kappa shape index (κ3) is 5.16. The molecule has 0 bridgehead atoms. The highest BCUT2D eigenvalue weighted by Gasteiger charge is 2.11. The molecule has 0 radical (unpaired) electrons. The monoisotopic (exact) mass is 382 g/mol. The van der Waals surface area contributed by atoms with Crippen LogP contribution in [-0.2, 0) is 6.54 Å². The fraction of sp³-hybridized carbons (Fsp3) is 0.333. The molecule has 0 saturated heterocycles. The summed E-state index contributed by atoms with van der Waals surface area (Å²) in [6, 6.07) is 13.2. The third-order valence-electron chi connectivity index (χ3n) is 4.22. The number of carbonyl (C=O) groups excluding carboxylic acids is 1. The van der Waals surface area contributed by atoms with Gasteiger partial charge in [0.2, 0.25) is 0 Å². The molecule has 0 atom stereocenters. The predicted octanol–water partition coefficient (Wildman–Crippen LogP) is 2.79. The molecule has 0 aliphatic carbocycles. The minimum Gasteiger partial charge on any atom is -0.490 e. The number of nitrogens with zero attached hydrogens (tertiary/aromatic N) is 1. The zero-order chi connectivity index (χ0) is 19.8. The van der Waals surface area contributed by atoms with E-state index in [9.17, 15) is 4.79 Å². The second-order valence-electron chi connectivity index (χ2n) is 6.31. The van der Waals surface area contributed by atoms with Crippen molar-refractivity contribution in [2.24, 2.45) is 4.99 Å². The van der Waals surface area contributed by atoms with Gasteiger partial charge in [-0.2, -0.15) is 0 Å². The molecule has 1 amide bonds. The molecule has 0 fully saturated rings. The van der Waals surface area contributed by atoms with Gasteiger partial charge >= 0.3 is 0 Å². The maximum absolute atomic E-state index is 11.6. The fourth-order valence-electron chi connectivity index (χ4n) is 2.76. The fourth-order valence-corrected chi connectivity index (χ4v) is 2.76. The second kappa shape index (κ2) is 9.64. The Labute approximate surface area is 165 Å². The zero-order valence-corrected chi connectivity index (χ0v) is 16.2. The number of anilines is 1. The average Bonchev–Trinajstić information content (AvgIpc) is 2.97. The van der Waals surface area contributed by atoms with Gasteiger partial charge in [-0.15, -0.1) is 0 Å². The topological polar surface area (TPSA) is 84.0 Å². The summed E-state index contributed by atoms with van der Waals surface area (Å²) >= 11 is 0. The van der Waals surface area contributed by atoms with Crippen molar-refractivity contribution in [2.45, 2.75) is 19.9 Å². The Kier molecular flexibility index (Phi) is 6.73. The van der Waals surface area contributed by atoms with Crippen molar-refractivity contribution in [2.75, 3.05) is 32.1 Å². The van der Waals surface area contributed by atoms with Crippen LogP contribution in [-0.4, -0.2) is 38.7 Å². The summed E-state index contributed by atoms with van der Waals surface area (Å²) < 4.78 is 11.4. The molecule has 7 heteroatoms. The summed E-state index contributed by atoms with van der Waals surface area (Å²) in [5.41, 5.74) is 2.52. The number of aliphatic imine (C=N–C) groups is 1. The number of benzene rings is 2. The highest BCUT2D eigenvalue weighted by atomic mass is 16.5. The Balaban J connectivity index is 1.69. The van der Waals surface area contributed by atoms with Gasteiger partial charge in [0.1, 0.15) is 0 Å². The molecule has 1 aliphatic heterocycles. The molecule has 0 saturated carbocycles. The molecule has 28 heavy (non-hydrogen) atoms. The summed E-state index contributed by atoms with van der Waals surface area (Å²) in [5.74, 6) is 2.08. The van der Waals surface area contributed by atoms with E-state index < -0.39 is 0 Å². The predicted molar refractivity (Wildman–Crippen MR) is 110 cm³/mol. The lowest BCUT2D eigenvalue weighted by atomic mass is 10.1. The van der Waals surface area contributed by atoms with E-state index in [2.05, 4.69) is 20.9 Å². The highest BCUT2D eigenvalue weighted by molar-refractivity contribution is 5.94. The number of nitrogens with one attached hydrogen (secondary N) is 3. The summed E-state index contributed by atoms with van der Waals surface area (Å²) in [6.45, 7) is 4.57. The lowest BCUT2D eigenvalue weighted by molar-refractivity contribution is 0.0963. The van der Waals surface area contributed by atoms with Crippen LogP contribution in [0, 0.1) is 0 Å². The first-order chi connectivity index (χ1) is 13.7. The molecule has 3 rings (SSSR count). The second-order valence-corrected chi connectivity index (χ2v) is 6.31. The molecule has 2 aromatic rings. The first-order valence-electron chi connectivity index (χ1n) is 9.45. The molecule has 0 unspecified atom stereocenters. The molecule has 148 valence electrons. The Hall–Kier alpha value is -3.22. The zero-order valence-electron chi connectivity index (χ0n) is 16.2. The number of carbonyl (C=O) groups is 1. The molecular weight excluding hydrogens is 356 g/mol. The van der Waals surface area contributed by atoms with Crippen molar-refractivity contribution in [3.63, 3.8) is 0 Å². The van der Waals surface area contributed by atoms with E-state index in [1.807, 2.05) is 37.3 Å². The molecule has 1 heterocycles. The maximum Gasteiger partial charge on any atom is 0.251 e. The number of hydrogen-bond acceptors (Lipinski definition) is 4. The van der Waals surface area contributed by atoms with Crippen LogP contribution in [0.3, 0.4) is 0 Å². The maximum atomic E-state index is 11.6. The highest BCUT2D eigenvalue weighted by Crippen LogP contribution is 2.32. The van der Waals surface area contributed by atoms with Crippen molar-refractivity contribution < 1.29 is 14.3 Å². The number of ether oxygens (including phenoxy) is 2. The quantitative estimate of drug-likeness (QED) is 0.547. The summed E-state index contributed by atoms with van der Waals surface area (Å²) in [7, 11) is 1.62. The molecular formula is C21H26N4O3. The number of amides is 1. The summed E-state index contributed by atoms with van der Waals surface area (Å²) in [6.07, 6.45) is 0.875. The van der Waals surface area contributed by atoms with E-state index in [0.29, 0.717) is 31.3 Å². The van der Waals surface area contributed by atoms with Gasteiger partial charge in [0.05, 0.1) is 19.8 Å². The van der Waals surface area contributed by atoms with E-state index in [1.54, 1.807) is 19.2 Å². The first-order valence-corrected chi connectivity index (χ1v) is 9.45. The van der Waals surface area contributed by atoms with Crippen molar-refractivity contribution >= 4 is 17.6 Å². The van der Waals surface area contributed by atoms with Crippen molar-refractivity contribution in [1.29, 1.82) is 0 Å². The van der Waals surface area contributed by atoms with Gasteiger partial charge in [-0.25, -0.2) is 4.99 Å². The molecule has 2 aromatic carbocycles. The molecule has 0 spiro atoms. The van der Waals surface area contributed by atoms with Crippen LogP contribution in [0.5, 0.6) is 11.5 Å². The number of rotatable bonds is 5. The van der Waals surface area contributed by atoms with Crippen molar-refractivity contribution in [1.82, 2.24) is 10.6 Å². The van der Waals surface area contributed by atoms with Crippen LogP contribution in [0.2, 0.25) is 0 Å². The Morgan fingerprint density at radius 2 is 1.82 bits per heavy atom. The smallest absolute Gasteiger partial charge is 0.251 e. The van der Waals surface area contributed by atoms with Crippen molar-refractivity contribution in [3.05, 3.63) is 53.6 Å². The van der Waals surface area contributed by atoms with Gasteiger partial charge in [-0.05, 0) is 36.8 Å². The lowest BCUT2D eigenvalue weighted by Crippen LogP contribution is -2.30. The standard InChI is InChI=1S/C21H26N4O3/c1-3-23-21(24-14-15-5-7-16(8-6-15)20(26)22-2)25-17-9-10-18-19(13-17)28-12-4-11-27-18/h5-10,13H,3-4,11-12,14H2,1-2H3,(H,22,26)(H2,23,24,25). The van der Waals surface area contributed by atoms with Gasteiger partial charge in [0, 0.05) is 37.3 Å². The summed E-state index contributed by atoms with van der Waals surface area (Å²) in [5, 5.41) is 9.15. The van der Waals surface area contributed by atoms with Crippen molar-refractivity contribution in [3.8, 4) is 11.5 Å². The van der Waals surface area contributed by atoms with Gasteiger partial charge in [0.25, 0.3) is 5.91 Å². The Bertz CT molecular complexity index is 834. The van der Waals surface area contributed by atoms with Crippen LogP contribution in [0.25, 0.3) is 0 Å². The molecule has 3 N–H and O–H groups in total. The van der Waals surface area contributed by atoms with Crippen LogP contribution in [0.4, 0.5) is 5.69 Å². The van der Waals surface area contributed by atoms with E-state index in [1.165, 1.54) is 0 Å².